The van der Waals surface area contributed by atoms with Crippen molar-refractivity contribution in [3.05, 3.63) is 48.0 Å². The van der Waals surface area contributed by atoms with E-state index in [0.29, 0.717) is 102 Å². The quantitative estimate of drug-likeness (QED) is 0.457. The smallest absolute Gasteiger partial charge is 0.161 e. The molecule has 1 heterocycles. The first-order valence-corrected chi connectivity index (χ1v) is 14.8. The normalized spacial score (nSPS) is 16.9. The molecule has 1 aliphatic heterocycles. The van der Waals surface area contributed by atoms with E-state index in [9.17, 15) is 0 Å². The molecule has 0 saturated heterocycles. The Balaban J connectivity index is 1.45. The third-order valence-electron chi connectivity index (χ3n) is 6.24. The number of nitrogens with two attached hydrogens (primary N) is 1. The molecule has 1 aliphatic rings. The van der Waals surface area contributed by atoms with Gasteiger partial charge in [0.15, 0.2) is 23.0 Å². The first kappa shape index (κ1) is 32.9. The highest BCUT2D eigenvalue weighted by Gasteiger charge is 2.09. The van der Waals surface area contributed by atoms with Crippen molar-refractivity contribution >= 4 is 0 Å². The summed E-state index contributed by atoms with van der Waals surface area (Å²) in [5.74, 6) is 2.75. The number of rotatable bonds is 8. The van der Waals surface area contributed by atoms with Crippen LogP contribution in [0.4, 0.5) is 0 Å². The Hall–Kier alpha value is -2.60. The molecule has 0 unspecified atom stereocenters. The summed E-state index contributed by atoms with van der Waals surface area (Å²) in [6, 6.07) is 13.6. The maximum absolute atomic E-state index is 8.90. The van der Waals surface area contributed by atoms with Crippen molar-refractivity contribution in [2.24, 2.45) is 0 Å². The van der Waals surface area contributed by atoms with Gasteiger partial charge in [-0.15, -0.1) is 0 Å². The molecule has 10 nitrogen and oxygen atoms in total. The minimum Gasteiger partial charge on any atom is -0.487 e. The fourth-order valence-electron chi connectivity index (χ4n) is 4.11. The van der Waals surface area contributed by atoms with Gasteiger partial charge in [0.25, 0.3) is 0 Å². The standard InChI is InChI=1S/C31H47NO9/c33-12-6-2-1-5-11-32-26-27-9-10-30-31(25-27)41-24-20-37-16-15-35-18-22-39-29-8-4-3-7-28(29)38-21-17-34-13-14-36-19-23-40-30/h3-4,7-10,25,32-33H,1-2,5-6,11-24,26H2/p+1. The van der Waals surface area contributed by atoms with E-state index < -0.39 is 0 Å². The molecule has 0 fully saturated rings. The summed E-state index contributed by atoms with van der Waals surface area (Å²) in [4.78, 5) is 0. The molecule has 3 N–H and O–H groups in total. The molecule has 0 radical (unpaired) electrons. The molecular formula is C31H48NO9+. The van der Waals surface area contributed by atoms with E-state index in [-0.39, 0.29) is 6.61 Å². The van der Waals surface area contributed by atoms with Crippen LogP contribution in [0.25, 0.3) is 0 Å². The Morgan fingerprint density at radius 2 is 0.976 bits per heavy atom. The van der Waals surface area contributed by atoms with Gasteiger partial charge in [0, 0.05) is 12.2 Å². The maximum Gasteiger partial charge on any atom is 0.161 e. The van der Waals surface area contributed by atoms with Gasteiger partial charge in [-0.1, -0.05) is 18.6 Å². The molecule has 0 amide bonds. The van der Waals surface area contributed by atoms with Gasteiger partial charge >= 0.3 is 0 Å². The molecule has 0 aromatic heterocycles. The van der Waals surface area contributed by atoms with Gasteiger partial charge in [-0.25, -0.2) is 0 Å². The van der Waals surface area contributed by atoms with Crippen LogP contribution < -0.4 is 24.3 Å². The molecule has 0 spiro atoms. The van der Waals surface area contributed by atoms with E-state index in [4.69, 9.17) is 43.0 Å². The Kier molecular flexibility index (Phi) is 17.7. The van der Waals surface area contributed by atoms with Crippen molar-refractivity contribution in [2.75, 3.05) is 92.4 Å². The summed E-state index contributed by atoms with van der Waals surface area (Å²) in [7, 11) is 0. The lowest BCUT2D eigenvalue weighted by molar-refractivity contribution is -0.671. The number of quaternary nitrogens is 1. The second-order valence-electron chi connectivity index (χ2n) is 9.49. The van der Waals surface area contributed by atoms with E-state index in [2.05, 4.69) is 11.4 Å². The second-order valence-corrected chi connectivity index (χ2v) is 9.49. The van der Waals surface area contributed by atoms with Gasteiger partial charge in [0.1, 0.15) is 33.0 Å². The zero-order chi connectivity index (χ0) is 28.6. The molecule has 0 atom stereocenters. The van der Waals surface area contributed by atoms with Crippen LogP contribution >= 0.6 is 0 Å². The average Bonchev–Trinajstić information content (AvgIpc) is 2.99. The van der Waals surface area contributed by atoms with Crippen LogP contribution in [0.5, 0.6) is 23.0 Å². The highest BCUT2D eigenvalue weighted by Crippen LogP contribution is 2.28. The van der Waals surface area contributed by atoms with Crippen LogP contribution in [0.2, 0.25) is 0 Å². The summed E-state index contributed by atoms with van der Waals surface area (Å²) in [5, 5.41) is 11.2. The summed E-state index contributed by atoms with van der Waals surface area (Å²) in [6.45, 7) is 7.51. The molecule has 0 bridgehead atoms. The van der Waals surface area contributed by atoms with E-state index in [1.165, 1.54) is 5.56 Å². The lowest BCUT2D eigenvalue weighted by Crippen LogP contribution is -2.82. The minimum atomic E-state index is 0.279. The van der Waals surface area contributed by atoms with Gasteiger partial charge in [-0.3, -0.25) is 0 Å². The molecule has 230 valence electrons. The van der Waals surface area contributed by atoms with Crippen molar-refractivity contribution in [2.45, 2.75) is 32.2 Å². The van der Waals surface area contributed by atoms with Crippen molar-refractivity contribution in [3.8, 4) is 23.0 Å². The van der Waals surface area contributed by atoms with Gasteiger partial charge in [-0.2, -0.15) is 0 Å². The van der Waals surface area contributed by atoms with Crippen molar-refractivity contribution in [3.63, 3.8) is 0 Å². The average molecular weight is 579 g/mol. The molecule has 2 aromatic carbocycles. The second kappa shape index (κ2) is 22.1. The zero-order valence-corrected chi connectivity index (χ0v) is 24.3. The summed E-state index contributed by atoms with van der Waals surface area (Å²) < 4.78 is 46.3. The third kappa shape index (κ3) is 14.7. The van der Waals surface area contributed by atoms with Crippen molar-refractivity contribution < 1.29 is 48.3 Å². The monoisotopic (exact) mass is 578 g/mol. The number of benzene rings is 2. The topological polar surface area (TPSA) is 111 Å². The van der Waals surface area contributed by atoms with Gasteiger partial charge in [-0.05, 0) is 49.6 Å². The van der Waals surface area contributed by atoms with Crippen LogP contribution in [-0.4, -0.2) is 97.5 Å². The number of ether oxygens (including phenoxy) is 8. The van der Waals surface area contributed by atoms with Crippen molar-refractivity contribution in [1.82, 2.24) is 0 Å². The highest BCUT2D eigenvalue weighted by molar-refractivity contribution is 5.43. The van der Waals surface area contributed by atoms with E-state index in [1.54, 1.807) is 0 Å². The first-order chi connectivity index (χ1) is 20.4. The predicted molar refractivity (Wildman–Crippen MR) is 154 cm³/mol. The Morgan fingerprint density at radius 1 is 0.512 bits per heavy atom. The molecule has 0 aliphatic carbocycles. The van der Waals surface area contributed by atoms with Gasteiger partial charge in [0.05, 0.1) is 59.4 Å². The number of para-hydroxylation sites is 2. The van der Waals surface area contributed by atoms with Gasteiger partial charge in [0.2, 0.25) is 0 Å². The highest BCUT2D eigenvalue weighted by atomic mass is 16.6. The number of aliphatic hydroxyl groups is 1. The number of unbranched alkanes of at least 4 members (excludes halogenated alkanes) is 3. The summed E-state index contributed by atoms with van der Waals surface area (Å²) >= 11 is 0. The molecule has 0 saturated carbocycles. The largest absolute Gasteiger partial charge is 0.487 e. The number of hydrogen-bond acceptors (Lipinski definition) is 9. The van der Waals surface area contributed by atoms with Crippen LogP contribution in [0, 0.1) is 0 Å². The SMILES string of the molecule is OCCCCCC[NH2+]Cc1ccc2c(c1)OCCOCCOCCOc1ccccc1OCCOCCOCCO2. The number of aliphatic hydroxyl groups excluding tert-OH is 1. The van der Waals surface area contributed by atoms with Crippen LogP contribution in [-0.2, 0) is 25.5 Å². The third-order valence-corrected chi connectivity index (χ3v) is 6.24. The molecule has 10 heteroatoms. The maximum atomic E-state index is 8.90. The van der Waals surface area contributed by atoms with Gasteiger partial charge < -0.3 is 48.3 Å². The molecule has 2 aromatic rings. The Bertz CT molecular complexity index is 930. The fourth-order valence-corrected chi connectivity index (χ4v) is 4.11. The number of hydrogen-bond donors (Lipinski definition) is 2. The van der Waals surface area contributed by atoms with Crippen LogP contribution in [0.3, 0.4) is 0 Å². The van der Waals surface area contributed by atoms with E-state index in [0.717, 1.165) is 38.8 Å². The lowest BCUT2D eigenvalue weighted by Gasteiger charge is -2.15. The van der Waals surface area contributed by atoms with E-state index in [1.807, 2.05) is 36.4 Å². The Morgan fingerprint density at radius 3 is 1.51 bits per heavy atom. The van der Waals surface area contributed by atoms with Crippen LogP contribution in [0.15, 0.2) is 42.5 Å². The van der Waals surface area contributed by atoms with E-state index >= 15 is 0 Å². The lowest BCUT2D eigenvalue weighted by atomic mass is 10.2. The molecule has 41 heavy (non-hydrogen) atoms. The number of fused-ring (bicyclic) bond motifs is 2. The first-order valence-electron chi connectivity index (χ1n) is 14.8. The summed E-state index contributed by atoms with van der Waals surface area (Å²) in [5.41, 5.74) is 1.17. The van der Waals surface area contributed by atoms with Crippen LogP contribution in [0.1, 0.15) is 31.2 Å². The molecule has 3 rings (SSSR count). The Labute approximate surface area is 244 Å². The minimum absolute atomic E-state index is 0.279. The molecular weight excluding hydrogens is 530 g/mol. The zero-order valence-electron chi connectivity index (χ0n) is 24.3. The van der Waals surface area contributed by atoms with Crippen molar-refractivity contribution in [1.29, 1.82) is 0 Å². The fraction of sp³-hybridized carbons (Fsp3) is 0.613. The predicted octanol–water partition coefficient (Wildman–Crippen LogP) is 2.60. The summed E-state index contributed by atoms with van der Waals surface area (Å²) in [6.07, 6.45) is 4.26.